The van der Waals surface area contributed by atoms with E-state index in [-0.39, 0.29) is 11.3 Å². The molecule has 0 spiro atoms. The molecule has 15 heavy (non-hydrogen) atoms. The molecule has 0 bridgehead atoms. The molecular weight excluding hydrogens is 188 g/mol. The van der Waals surface area contributed by atoms with Crippen LogP contribution in [0.15, 0.2) is 18.5 Å². The van der Waals surface area contributed by atoms with Gasteiger partial charge in [0.2, 0.25) is 0 Å². The van der Waals surface area contributed by atoms with Crippen LogP contribution in [-0.2, 0) is 0 Å². The summed E-state index contributed by atoms with van der Waals surface area (Å²) in [5, 5.41) is 0. The number of pyridine rings is 1. The number of nitrogens with zero attached hydrogens (tertiary/aromatic N) is 1. The summed E-state index contributed by atoms with van der Waals surface area (Å²) in [4.78, 5) is 15.8. The maximum atomic E-state index is 11.8. The molecule has 1 rings (SSSR count). The summed E-state index contributed by atoms with van der Waals surface area (Å²) in [5.41, 5.74) is 7.23. The highest BCUT2D eigenvalue weighted by Gasteiger charge is 2.15. The van der Waals surface area contributed by atoms with Crippen LogP contribution in [0.2, 0.25) is 0 Å². The van der Waals surface area contributed by atoms with Gasteiger partial charge in [0.1, 0.15) is 0 Å². The van der Waals surface area contributed by atoms with Crippen molar-refractivity contribution in [1.82, 2.24) is 4.98 Å². The fraction of sp³-hybridized carbons (Fsp3) is 0.500. The maximum absolute atomic E-state index is 11.8. The lowest BCUT2D eigenvalue weighted by Gasteiger charge is -2.17. The molecule has 0 amide bonds. The van der Waals surface area contributed by atoms with E-state index in [1.54, 1.807) is 12.4 Å². The third kappa shape index (κ3) is 3.80. The van der Waals surface area contributed by atoms with Crippen molar-refractivity contribution in [3.05, 3.63) is 29.6 Å². The molecule has 1 aromatic rings. The Hall–Kier alpha value is -1.22. The van der Waals surface area contributed by atoms with Crippen LogP contribution >= 0.6 is 0 Å². The van der Waals surface area contributed by atoms with Gasteiger partial charge in [-0.1, -0.05) is 0 Å². The first-order valence-corrected chi connectivity index (χ1v) is 5.13. The van der Waals surface area contributed by atoms with Crippen molar-refractivity contribution >= 4 is 5.78 Å². The molecule has 0 fully saturated rings. The number of hydrogen-bond acceptors (Lipinski definition) is 3. The summed E-state index contributed by atoms with van der Waals surface area (Å²) >= 11 is 0. The predicted molar refractivity (Wildman–Crippen MR) is 60.8 cm³/mol. The van der Waals surface area contributed by atoms with Gasteiger partial charge in [0.15, 0.2) is 5.78 Å². The van der Waals surface area contributed by atoms with E-state index in [0.29, 0.717) is 18.4 Å². The fourth-order valence-corrected chi connectivity index (χ4v) is 1.33. The summed E-state index contributed by atoms with van der Waals surface area (Å²) in [6.07, 6.45) is 4.50. The molecule has 1 heterocycles. The largest absolute Gasteiger partial charge is 0.326 e. The molecule has 0 aliphatic rings. The number of carbonyl (C=O) groups excluding carboxylic acids is 1. The second kappa shape index (κ2) is 4.53. The number of aromatic nitrogens is 1. The zero-order valence-electron chi connectivity index (χ0n) is 9.58. The van der Waals surface area contributed by atoms with E-state index >= 15 is 0 Å². The van der Waals surface area contributed by atoms with E-state index in [0.717, 1.165) is 5.56 Å². The monoisotopic (exact) mass is 206 g/mol. The third-order valence-corrected chi connectivity index (χ3v) is 2.34. The van der Waals surface area contributed by atoms with Crippen molar-refractivity contribution in [2.45, 2.75) is 39.2 Å². The second-order valence-electron chi connectivity index (χ2n) is 4.60. The van der Waals surface area contributed by atoms with Crippen LogP contribution in [0.25, 0.3) is 0 Å². The number of hydrogen-bond donors (Lipinski definition) is 1. The lowest BCUT2D eigenvalue weighted by Crippen LogP contribution is -2.32. The first kappa shape index (κ1) is 11.9. The minimum Gasteiger partial charge on any atom is -0.326 e. The predicted octanol–water partition coefficient (Wildman–Crippen LogP) is 2.09. The van der Waals surface area contributed by atoms with Crippen molar-refractivity contribution in [2.24, 2.45) is 5.73 Å². The number of Topliss-reactive ketones (excluding diaryl/α,β-unsaturated/α-hetero) is 1. The lowest BCUT2D eigenvalue weighted by atomic mass is 9.95. The fourth-order valence-electron chi connectivity index (χ4n) is 1.33. The van der Waals surface area contributed by atoms with E-state index in [1.165, 1.54) is 0 Å². The minimum absolute atomic E-state index is 0.124. The van der Waals surface area contributed by atoms with E-state index in [1.807, 2.05) is 26.8 Å². The van der Waals surface area contributed by atoms with Gasteiger partial charge in [-0.15, -0.1) is 0 Å². The van der Waals surface area contributed by atoms with Crippen molar-refractivity contribution in [3.8, 4) is 0 Å². The maximum Gasteiger partial charge on any atom is 0.164 e. The van der Waals surface area contributed by atoms with Crippen LogP contribution in [0.4, 0.5) is 0 Å². The Morgan fingerprint density at radius 2 is 2.20 bits per heavy atom. The van der Waals surface area contributed by atoms with Crippen LogP contribution in [-0.4, -0.2) is 16.3 Å². The minimum atomic E-state index is -0.286. The van der Waals surface area contributed by atoms with E-state index < -0.39 is 0 Å². The van der Waals surface area contributed by atoms with Gasteiger partial charge in [-0.05, 0) is 38.8 Å². The lowest BCUT2D eigenvalue weighted by molar-refractivity contribution is 0.0971. The molecular formula is C12H18N2O. The van der Waals surface area contributed by atoms with Gasteiger partial charge in [0.25, 0.3) is 0 Å². The molecule has 0 aromatic carbocycles. The average molecular weight is 206 g/mol. The van der Waals surface area contributed by atoms with Crippen molar-refractivity contribution in [1.29, 1.82) is 0 Å². The van der Waals surface area contributed by atoms with Crippen LogP contribution in [0.5, 0.6) is 0 Å². The van der Waals surface area contributed by atoms with Gasteiger partial charge >= 0.3 is 0 Å². The molecule has 3 nitrogen and oxygen atoms in total. The van der Waals surface area contributed by atoms with Crippen LogP contribution < -0.4 is 5.73 Å². The van der Waals surface area contributed by atoms with Crippen molar-refractivity contribution in [3.63, 3.8) is 0 Å². The standard InChI is InChI=1S/C12H18N2O/c1-9-5-7-14-8-10(9)11(15)4-6-12(2,3)13/h5,7-8H,4,6,13H2,1-3H3. The Morgan fingerprint density at radius 1 is 1.53 bits per heavy atom. The topological polar surface area (TPSA) is 56.0 Å². The molecule has 0 aliphatic heterocycles. The van der Waals surface area contributed by atoms with E-state index in [9.17, 15) is 4.79 Å². The molecule has 0 aliphatic carbocycles. The number of ketones is 1. The first-order valence-electron chi connectivity index (χ1n) is 5.13. The summed E-state index contributed by atoms with van der Waals surface area (Å²) in [6, 6.07) is 1.85. The molecule has 2 N–H and O–H groups in total. The Morgan fingerprint density at radius 3 is 2.73 bits per heavy atom. The molecule has 82 valence electrons. The number of aryl methyl sites for hydroxylation is 1. The van der Waals surface area contributed by atoms with Gasteiger partial charge in [-0.3, -0.25) is 9.78 Å². The van der Waals surface area contributed by atoms with Crippen LogP contribution in [0.1, 0.15) is 42.6 Å². The Kier molecular flexibility index (Phi) is 3.58. The highest BCUT2D eigenvalue weighted by Crippen LogP contribution is 2.13. The van der Waals surface area contributed by atoms with Gasteiger partial charge < -0.3 is 5.73 Å². The van der Waals surface area contributed by atoms with Crippen LogP contribution in [0, 0.1) is 6.92 Å². The molecule has 0 saturated heterocycles. The smallest absolute Gasteiger partial charge is 0.164 e. The molecule has 1 aromatic heterocycles. The number of nitrogens with two attached hydrogens (primary N) is 1. The summed E-state index contributed by atoms with van der Waals surface area (Å²) in [7, 11) is 0. The highest BCUT2D eigenvalue weighted by molar-refractivity contribution is 5.97. The Balaban J connectivity index is 2.66. The molecule has 0 saturated carbocycles. The van der Waals surface area contributed by atoms with Crippen molar-refractivity contribution < 1.29 is 4.79 Å². The zero-order valence-corrected chi connectivity index (χ0v) is 9.58. The van der Waals surface area contributed by atoms with Gasteiger partial charge in [0.05, 0.1) is 0 Å². The quantitative estimate of drug-likeness (QED) is 0.767. The summed E-state index contributed by atoms with van der Waals surface area (Å²) in [5.74, 6) is 0.124. The van der Waals surface area contributed by atoms with Gasteiger partial charge in [-0.2, -0.15) is 0 Å². The molecule has 0 radical (unpaired) electrons. The number of carbonyl (C=O) groups is 1. The van der Waals surface area contributed by atoms with Crippen molar-refractivity contribution in [2.75, 3.05) is 0 Å². The normalized spacial score (nSPS) is 11.5. The highest BCUT2D eigenvalue weighted by atomic mass is 16.1. The van der Waals surface area contributed by atoms with Gasteiger partial charge in [-0.25, -0.2) is 0 Å². The molecule has 0 unspecified atom stereocenters. The number of rotatable bonds is 4. The van der Waals surface area contributed by atoms with E-state index in [2.05, 4.69) is 4.98 Å². The third-order valence-electron chi connectivity index (χ3n) is 2.34. The van der Waals surface area contributed by atoms with E-state index in [4.69, 9.17) is 5.73 Å². The Labute approximate surface area is 90.7 Å². The summed E-state index contributed by atoms with van der Waals surface area (Å²) < 4.78 is 0. The first-order chi connectivity index (χ1) is 6.90. The molecule has 3 heteroatoms. The SMILES string of the molecule is Cc1ccncc1C(=O)CCC(C)(C)N. The van der Waals surface area contributed by atoms with Crippen LogP contribution in [0.3, 0.4) is 0 Å². The molecule has 0 atom stereocenters. The average Bonchev–Trinajstić information content (AvgIpc) is 2.14. The Bertz CT molecular complexity index is 353. The zero-order chi connectivity index (χ0) is 11.5. The second-order valence-corrected chi connectivity index (χ2v) is 4.60. The summed E-state index contributed by atoms with van der Waals surface area (Å²) in [6.45, 7) is 5.77. The van der Waals surface area contributed by atoms with Gasteiger partial charge in [0, 0.05) is 29.9 Å².